The van der Waals surface area contributed by atoms with E-state index in [0.717, 1.165) is 29.8 Å². The van der Waals surface area contributed by atoms with Crippen molar-refractivity contribution < 1.29 is 21.6 Å². The second kappa shape index (κ2) is 5.64. The van der Waals surface area contributed by atoms with Crippen LogP contribution in [0.15, 0.2) is 47.4 Å². The number of hydrogen-bond donors (Lipinski definition) is 1. The number of anilines is 1. The molecule has 0 radical (unpaired) electrons. The van der Waals surface area contributed by atoms with Gasteiger partial charge < -0.3 is 0 Å². The lowest BCUT2D eigenvalue weighted by Crippen LogP contribution is -2.14. The highest BCUT2D eigenvalue weighted by Crippen LogP contribution is 2.30. The normalized spacial score (nSPS) is 12.2. The first-order valence-electron chi connectivity index (χ1n) is 6.37. The Labute approximate surface area is 126 Å². The van der Waals surface area contributed by atoms with Crippen LogP contribution in [0.5, 0.6) is 0 Å². The summed E-state index contributed by atoms with van der Waals surface area (Å²) in [4.78, 5) is 0.104. The molecule has 0 aromatic heterocycles. The zero-order valence-corrected chi connectivity index (χ0v) is 12.7. The van der Waals surface area contributed by atoms with Gasteiger partial charge in [-0.3, -0.25) is 4.72 Å². The van der Waals surface area contributed by atoms with Gasteiger partial charge in [0.1, 0.15) is 0 Å². The first kappa shape index (κ1) is 16.4. The van der Waals surface area contributed by atoms with E-state index in [0.29, 0.717) is 5.56 Å². The fraction of sp³-hybridized carbons (Fsp3) is 0.200. The van der Waals surface area contributed by atoms with Crippen molar-refractivity contribution in [3.05, 3.63) is 59.2 Å². The van der Waals surface area contributed by atoms with Gasteiger partial charge in [0.15, 0.2) is 0 Å². The number of nitrogens with one attached hydrogen (secondary N) is 1. The van der Waals surface area contributed by atoms with Gasteiger partial charge in [-0.2, -0.15) is 13.2 Å². The van der Waals surface area contributed by atoms with Crippen LogP contribution in [0, 0.1) is 13.8 Å². The largest absolute Gasteiger partial charge is 0.416 e. The van der Waals surface area contributed by atoms with E-state index in [1.807, 2.05) is 0 Å². The van der Waals surface area contributed by atoms with E-state index in [4.69, 9.17) is 0 Å². The summed E-state index contributed by atoms with van der Waals surface area (Å²) in [5.74, 6) is 0. The standard InChI is InChI=1S/C15H14F3NO2S/c1-10-3-4-11(2)14(9-10)22(20,21)19-13-7-5-12(6-8-13)15(16,17)18/h3-9,19H,1-2H3. The summed E-state index contributed by atoms with van der Waals surface area (Å²) < 4.78 is 64.4. The third-order valence-corrected chi connectivity index (χ3v) is 4.62. The van der Waals surface area contributed by atoms with Crippen LogP contribution in [-0.2, 0) is 16.2 Å². The number of rotatable bonds is 3. The third kappa shape index (κ3) is 3.59. The van der Waals surface area contributed by atoms with Gasteiger partial charge in [-0.05, 0) is 55.3 Å². The lowest BCUT2D eigenvalue weighted by molar-refractivity contribution is -0.137. The molecule has 0 aliphatic carbocycles. The minimum absolute atomic E-state index is 0.0777. The number of alkyl halides is 3. The molecule has 2 aromatic rings. The molecule has 0 saturated carbocycles. The maximum atomic E-state index is 12.5. The highest BCUT2D eigenvalue weighted by atomic mass is 32.2. The highest BCUT2D eigenvalue weighted by Gasteiger charge is 2.30. The fourth-order valence-electron chi connectivity index (χ4n) is 1.93. The van der Waals surface area contributed by atoms with Gasteiger partial charge >= 0.3 is 6.18 Å². The van der Waals surface area contributed by atoms with E-state index in [2.05, 4.69) is 4.72 Å². The molecule has 0 atom stereocenters. The SMILES string of the molecule is Cc1ccc(C)c(S(=O)(=O)Nc2ccc(C(F)(F)F)cc2)c1. The van der Waals surface area contributed by atoms with Gasteiger partial charge in [-0.25, -0.2) is 8.42 Å². The topological polar surface area (TPSA) is 46.2 Å². The van der Waals surface area contributed by atoms with Crippen LogP contribution in [0.25, 0.3) is 0 Å². The lowest BCUT2D eigenvalue weighted by Gasteiger charge is -2.12. The number of halogens is 3. The van der Waals surface area contributed by atoms with E-state index in [9.17, 15) is 21.6 Å². The minimum Gasteiger partial charge on any atom is -0.280 e. The van der Waals surface area contributed by atoms with Crippen molar-refractivity contribution in [3.63, 3.8) is 0 Å². The molecule has 0 unspecified atom stereocenters. The highest BCUT2D eigenvalue weighted by molar-refractivity contribution is 7.92. The Balaban J connectivity index is 2.31. The Morgan fingerprint density at radius 3 is 2.09 bits per heavy atom. The molecule has 7 heteroatoms. The summed E-state index contributed by atoms with van der Waals surface area (Å²) in [5, 5.41) is 0. The zero-order valence-electron chi connectivity index (χ0n) is 11.9. The first-order chi connectivity index (χ1) is 10.1. The summed E-state index contributed by atoms with van der Waals surface area (Å²) >= 11 is 0. The molecule has 0 amide bonds. The molecule has 0 saturated heterocycles. The van der Waals surface area contributed by atoms with Crippen LogP contribution < -0.4 is 4.72 Å². The summed E-state index contributed by atoms with van der Waals surface area (Å²) in [6, 6.07) is 8.82. The molecule has 1 N–H and O–H groups in total. The predicted octanol–water partition coefficient (Wildman–Crippen LogP) is 4.12. The maximum Gasteiger partial charge on any atom is 0.416 e. The molecule has 0 aliphatic heterocycles. The van der Waals surface area contributed by atoms with Gasteiger partial charge in [0.05, 0.1) is 10.5 Å². The molecule has 2 aromatic carbocycles. The van der Waals surface area contributed by atoms with E-state index < -0.39 is 21.8 Å². The van der Waals surface area contributed by atoms with Gasteiger partial charge in [-0.1, -0.05) is 12.1 Å². The van der Waals surface area contributed by atoms with Crippen molar-refractivity contribution in [2.75, 3.05) is 4.72 Å². The van der Waals surface area contributed by atoms with Crippen LogP contribution in [-0.4, -0.2) is 8.42 Å². The fourth-order valence-corrected chi connectivity index (χ4v) is 3.32. The van der Waals surface area contributed by atoms with E-state index in [1.54, 1.807) is 26.0 Å². The molecular weight excluding hydrogens is 315 g/mol. The predicted molar refractivity (Wildman–Crippen MR) is 78.2 cm³/mol. The average Bonchev–Trinajstić information content (AvgIpc) is 2.40. The number of hydrogen-bond acceptors (Lipinski definition) is 2. The van der Waals surface area contributed by atoms with Crippen LogP contribution in [0.2, 0.25) is 0 Å². The van der Waals surface area contributed by atoms with Crippen LogP contribution in [0.4, 0.5) is 18.9 Å². The molecule has 118 valence electrons. The smallest absolute Gasteiger partial charge is 0.280 e. The molecular formula is C15H14F3NO2S. The Bertz CT molecular complexity index is 781. The van der Waals surface area contributed by atoms with Gasteiger partial charge in [0.2, 0.25) is 0 Å². The molecule has 0 bridgehead atoms. The van der Waals surface area contributed by atoms with E-state index >= 15 is 0 Å². The first-order valence-corrected chi connectivity index (χ1v) is 7.85. The zero-order chi connectivity index (χ0) is 16.5. The second-order valence-electron chi connectivity index (χ2n) is 4.95. The minimum atomic E-state index is -4.45. The number of benzene rings is 2. The molecule has 0 spiro atoms. The quantitative estimate of drug-likeness (QED) is 0.920. The molecule has 0 fully saturated rings. The third-order valence-electron chi connectivity index (χ3n) is 3.10. The van der Waals surface area contributed by atoms with Crippen molar-refractivity contribution in [3.8, 4) is 0 Å². The van der Waals surface area contributed by atoms with Gasteiger partial charge in [0.25, 0.3) is 10.0 Å². The van der Waals surface area contributed by atoms with E-state index in [1.165, 1.54) is 6.07 Å². The van der Waals surface area contributed by atoms with Gasteiger partial charge in [-0.15, -0.1) is 0 Å². The molecule has 22 heavy (non-hydrogen) atoms. The average molecular weight is 329 g/mol. The van der Waals surface area contributed by atoms with Crippen molar-refractivity contribution in [1.82, 2.24) is 0 Å². The monoisotopic (exact) mass is 329 g/mol. The van der Waals surface area contributed by atoms with Crippen molar-refractivity contribution in [2.45, 2.75) is 24.9 Å². The summed E-state index contributed by atoms with van der Waals surface area (Å²) in [6.45, 7) is 3.41. The second-order valence-corrected chi connectivity index (χ2v) is 6.60. The van der Waals surface area contributed by atoms with Crippen LogP contribution in [0.3, 0.4) is 0 Å². The van der Waals surface area contributed by atoms with Gasteiger partial charge in [0, 0.05) is 5.69 Å². The summed E-state index contributed by atoms with van der Waals surface area (Å²) in [6.07, 6.45) is -4.45. The Kier molecular flexibility index (Phi) is 4.19. The Morgan fingerprint density at radius 1 is 0.955 bits per heavy atom. The molecule has 0 heterocycles. The summed E-state index contributed by atoms with van der Waals surface area (Å²) in [7, 11) is -3.85. The Hall–Kier alpha value is -2.02. The lowest BCUT2D eigenvalue weighted by atomic mass is 10.2. The van der Waals surface area contributed by atoms with Crippen molar-refractivity contribution in [2.24, 2.45) is 0 Å². The molecule has 0 aliphatic rings. The van der Waals surface area contributed by atoms with E-state index in [-0.39, 0.29) is 10.6 Å². The number of aryl methyl sites for hydroxylation is 2. The van der Waals surface area contributed by atoms with Crippen LogP contribution >= 0.6 is 0 Å². The number of sulfonamides is 1. The maximum absolute atomic E-state index is 12.5. The molecule has 2 rings (SSSR count). The molecule has 3 nitrogen and oxygen atoms in total. The van der Waals surface area contributed by atoms with Crippen LogP contribution in [0.1, 0.15) is 16.7 Å². The Morgan fingerprint density at radius 2 is 1.55 bits per heavy atom. The summed E-state index contributed by atoms with van der Waals surface area (Å²) in [5.41, 5.74) is 0.583. The van der Waals surface area contributed by atoms with Crippen molar-refractivity contribution >= 4 is 15.7 Å². The van der Waals surface area contributed by atoms with Crippen molar-refractivity contribution in [1.29, 1.82) is 0 Å².